The van der Waals surface area contributed by atoms with Crippen LogP contribution >= 0.6 is 0 Å². The molecule has 0 aliphatic carbocycles. The van der Waals surface area contributed by atoms with Gasteiger partial charge in [0.2, 0.25) is 0 Å². The van der Waals surface area contributed by atoms with Gasteiger partial charge in [0.1, 0.15) is 5.60 Å². The van der Waals surface area contributed by atoms with Crippen molar-refractivity contribution in [2.75, 3.05) is 19.3 Å². The van der Waals surface area contributed by atoms with E-state index in [0.29, 0.717) is 23.5 Å². The molecule has 1 heterocycles. The molecule has 0 spiro atoms. The van der Waals surface area contributed by atoms with Gasteiger partial charge in [0, 0.05) is 46.6 Å². The number of piperidine rings is 1. The van der Waals surface area contributed by atoms with E-state index in [4.69, 9.17) is 4.74 Å². The second-order valence-corrected chi connectivity index (χ2v) is 8.59. The quantitative estimate of drug-likeness (QED) is 0.892. The molecule has 0 saturated carbocycles. The Balaban J connectivity index is 1.96. The third-order valence-corrected chi connectivity index (χ3v) is 4.80. The predicted molar refractivity (Wildman–Crippen MR) is 97.1 cm³/mol. The van der Waals surface area contributed by atoms with Crippen LogP contribution in [0.1, 0.15) is 44.0 Å². The first-order valence-corrected chi connectivity index (χ1v) is 9.94. The maximum Gasteiger partial charge on any atom is 0.407 e. The standard InChI is InChI=1S/C18H26N2O4S/c1-18(2,3)24-17(22)19-14-6-5-11-20(12-14)16(21)13-7-9-15(10-8-13)25(4)23/h7-10,14H,5-6,11-12H2,1-4H3,(H,19,22)/t14-,25-/m1/s1. The fourth-order valence-electron chi connectivity index (χ4n) is 2.73. The van der Waals surface area contributed by atoms with Crippen LogP contribution in [0.5, 0.6) is 0 Å². The first-order valence-electron chi connectivity index (χ1n) is 8.38. The van der Waals surface area contributed by atoms with Gasteiger partial charge in [-0.05, 0) is 57.9 Å². The molecule has 0 bridgehead atoms. The summed E-state index contributed by atoms with van der Waals surface area (Å²) in [6, 6.07) is 6.71. The molecule has 1 aliphatic rings. The van der Waals surface area contributed by atoms with Crippen LogP contribution in [0.25, 0.3) is 0 Å². The average molecular weight is 366 g/mol. The summed E-state index contributed by atoms with van der Waals surface area (Å²) in [5, 5.41) is 2.84. The second-order valence-electron chi connectivity index (χ2n) is 7.22. The number of carbonyl (C=O) groups is 2. The molecule has 2 amide bonds. The Morgan fingerprint density at radius 2 is 1.88 bits per heavy atom. The van der Waals surface area contributed by atoms with Crippen LogP contribution in [0, 0.1) is 0 Å². The summed E-state index contributed by atoms with van der Waals surface area (Å²) in [4.78, 5) is 27.0. The van der Waals surface area contributed by atoms with Crippen LogP contribution < -0.4 is 5.32 Å². The first kappa shape index (κ1) is 19.4. The normalized spacial score (nSPS) is 19.2. The molecule has 1 fully saturated rings. The molecular weight excluding hydrogens is 340 g/mol. The van der Waals surface area contributed by atoms with Gasteiger partial charge in [0.05, 0.1) is 0 Å². The molecule has 1 N–H and O–H groups in total. The zero-order valence-electron chi connectivity index (χ0n) is 15.2. The van der Waals surface area contributed by atoms with Crippen molar-refractivity contribution in [2.24, 2.45) is 0 Å². The molecule has 0 radical (unpaired) electrons. The zero-order valence-corrected chi connectivity index (χ0v) is 16.0. The van der Waals surface area contributed by atoms with Crippen LogP contribution in [0.2, 0.25) is 0 Å². The molecule has 7 heteroatoms. The van der Waals surface area contributed by atoms with Crippen molar-refractivity contribution in [3.8, 4) is 0 Å². The number of rotatable bonds is 3. The Hall–Kier alpha value is -1.89. The molecule has 2 atom stereocenters. The number of carbonyl (C=O) groups excluding carboxylic acids is 2. The Bertz CT molecular complexity index is 652. The molecule has 1 aliphatic heterocycles. The maximum atomic E-state index is 12.6. The number of amides is 2. The molecule has 1 aromatic carbocycles. The van der Waals surface area contributed by atoms with Crippen molar-refractivity contribution in [2.45, 2.75) is 50.2 Å². The third-order valence-electron chi connectivity index (χ3n) is 3.86. The van der Waals surface area contributed by atoms with E-state index < -0.39 is 22.5 Å². The number of hydrogen-bond donors (Lipinski definition) is 1. The van der Waals surface area contributed by atoms with Crippen LogP contribution in [0.3, 0.4) is 0 Å². The summed E-state index contributed by atoms with van der Waals surface area (Å²) in [7, 11) is -1.06. The van der Waals surface area contributed by atoms with Crippen molar-refractivity contribution in [3.05, 3.63) is 29.8 Å². The molecule has 6 nitrogen and oxygen atoms in total. The summed E-state index contributed by atoms with van der Waals surface area (Å²) in [6.45, 7) is 6.56. The predicted octanol–water partition coefficient (Wildman–Crippen LogP) is 2.55. The Labute approximate surface area is 151 Å². The van der Waals surface area contributed by atoms with E-state index in [9.17, 15) is 13.8 Å². The van der Waals surface area contributed by atoms with Crippen molar-refractivity contribution in [3.63, 3.8) is 0 Å². The summed E-state index contributed by atoms with van der Waals surface area (Å²) in [6.07, 6.45) is 2.79. The lowest BCUT2D eigenvalue weighted by molar-refractivity contribution is 0.0452. The largest absolute Gasteiger partial charge is 0.444 e. The van der Waals surface area contributed by atoms with Crippen molar-refractivity contribution < 1.29 is 18.5 Å². The summed E-state index contributed by atoms with van der Waals surface area (Å²) < 4.78 is 16.7. The lowest BCUT2D eigenvalue weighted by atomic mass is 10.0. The lowest BCUT2D eigenvalue weighted by Gasteiger charge is -2.33. The van der Waals surface area contributed by atoms with E-state index >= 15 is 0 Å². The van der Waals surface area contributed by atoms with Crippen LogP contribution in [-0.4, -0.2) is 52.1 Å². The number of hydrogen-bond acceptors (Lipinski definition) is 4. The summed E-state index contributed by atoms with van der Waals surface area (Å²) >= 11 is 0. The number of likely N-dealkylation sites (tertiary alicyclic amines) is 1. The lowest BCUT2D eigenvalue weighted by Crippen LogP contribution is -2.50. The molecular formula is C18H26N2O4S. The highest BCUT2D eigenvalue weighted by Gasteiger charge is 2.27. The van der Waals surface area contributed by atoms with Gasteiger partial charge in [-0.1, -0.05) is 0 Å². The fourth-order valence-corrected chi connectivity index (χ4v) is 3.24. The van der Waals surface area contributed by atoms with Gasteiger partial charge in [-0.2, -0.15) is 0 Å². The van der Waals surface area contributed by atoms with E-state index in [-0.39, 0.29) is 11.9 Å². The van der Waals surface area contributed by atoms with E-state index in [0.717, 1.165) is 12.8 Å². The molecule has 138 valence electrons. The Morgan fingerprint density at radius 1 is 1.24 bits per heavy atom. The van der Waals surface area contributed by atoms with Crippen molar-refractivity contribution in [1.29, 1.82) is 0 Å². The minimum Gasteiger partial charge on any atom is -0.444 e. The third kappa shape index (κ3) is 5.85. The minimum atomic E-state index is -1.06. The molecule has 2 rings (SSSR count). The smallest absolute Gasteiger partial charge is 0.407 e. The number of nitrogens with zero attached hydrogens (tertiary/aromatic N) is 1. The summed E-state index contributed by atoms with van der Waals surface area (Å²) in [5.41, 5.74) is 0.0159. The molecule has 1 aromatic rings. The highest BCUT2D eigenvalue weighted by Crippen LogP contribution is 2.16. The highest BCUT2D eigenvalue weighted by molar-refractivity contribution is 7.84. The van der Waals surface area contributed by atoms with E-state index in [2.05, 4.69) is 5.32 Å². The average Bonchev–Trinajstić information content (AvgIpc) is 2.52. The van der Waals surface area contributed by atoms with Gasteiger partial charge in [0.15, 0.2) is 0 Å². The molecule has 0 aromatic heterocycles. The van der Waals surface area contributed by atoms with E-state index in [1.54, 1.807) is 35.4 Å². The fraction of sp³-hybridized carbons (Fsp3) is 0.556. The van der Waals surface area contributed by atoms with Gasteiger partial charge >= 0.3 is 6.09 Å². The Morgan fingerprint density at radius 3 is 2.44 bits per heavy atom. The van der Waals surface area contributed by atoms with Gasteiger partial charge in [-0.25, -0.2) is 4.79 Å². The van der Waals surface area contributed by atoms with Crippen molar-refractivity contribution in [1.82, 2.24) is 10.2 Å². The maximum absolute atomic E-state index is 12.6. The Kier molecular flexibility index (Phi) is 6.21. The molecule has 0 unspecified atom stereocenters. The zero-order chi connectivity index (χ0) is 18.6. The first-order chi connectivity index (χ1) is 11.7. The van der Waals surface area contributed by atoms with Gasteiger partial charge in [-0.15, -0.1) is 0 Å². The van der Waals surface area contributed by atoms with Gasteiger partial charge in [0.25, 0.3) is 5.91 Å². The molecule has 25 heavy (non-hydrogen) atoms. The van der Waals surface area contributed by atoms with Crippen LogP contribution in [-0.2, 0) is 15.5 Å². The second kappa shape index (κ2) is 7.99. The van der Waals surface area contributed by atoms with Crippen LogP contribution in [0.15, 0.2) is 29.2 Å². The van der Waals surface area contributed by atoms with Crippen molar-refractivity contribution >= 4 is 22.8 Å². The number of benzene rings is 1. The number of ether oxygens (including phenoxy) is 1. The SMILES string of the molecule is C[S@@](=O)c1ccc(C(=O)N2CCC[C@@H](NC(=O)OC(C)(C)C)C2)cc1. The van der Waals surface area contributed by atoms with Gasteiger partial charge < -0.3 is 15.0 Å². The van der Waals surface area contributed by atoms with Crippen LogP contribution in [0.4, 0.5) is 4.79 Å². The van der Waals surface area contributed by atoms with E-state index in [1.807, 2.05) is 20.8 Å². The molecule has 1 saturated heterocycles. The monoisotopic (exact) mass is 366 g/mol. The topological polar surface area (TPSA) is 75.7 Å². The number of alkyl carbamates (subject to hydrolysis) is 1. The van der Waals surface area contributed by atoms with Gasteiger partial charge in [-0.3, -0.25) is 9.00 Å². The minimum absolute atomic E-state index is 0.0795. The van der Waals surface area contributed by atoms with E-state index in [1.165, 1.54) is 0 Å². The summed E-state index contributed by atoms with van der Waals surface area (Å²) in [5.74, 6) is -0.0795. The highest BCUT2D eigenvalue weighted by atomic mass is 32.2. The number of nitrogens with one attached hydrogen (secondary N) is 1.